The van der Waals surface area contributed by atoms with Crippen molar-refractivity contribution in [3.05, 3.63) is 76.7 Å². The summed E-state index contributed by atoms with van der Waals surface area (Å²) in [7, 11) is -3.35. The molecule has 2 aromatic rings. The molecule has 152 valence electrons. The van der Waals surface area contributed by atoms with E-state index in [2.05, 4.69) is 0 Å². The standard InChI is InChI=1S/C21H22N2O5S/c1-15-7-8-17(11-19(15)22)21(25)28-13-20(24)23(12-16-5-3-2-4-6-16)18-9-10-29(26,27)14-18/h2-11,18H,12-14,22H2,1H3/t18-/m1/s1. The highest BCUT2D eigenvalue weighted by molar-refractivity contribution is 7.94. The maximum absolute atomic E-state index is 12.8. The zero-order valence-electron chi connectivity index (χ0n) is 15.9. The number of ether oxygens (including phenoxy) is 1. The monoisotopic (exact) mass is 414 g/mol. The van der Waals surface area contributed by atoms with Crippen molar-refractivity contribution in [3.63, 3.8) is 0 Å². The van der Waals surface area contributed by atoms with Gasteiger partial charge in [0.05, 0.1) is 17.4 Å². The fourth-order valence-electron chi connectivity index (χ4n) is 2.98. The number of carbonyl (C=O) groups excluding carboxylic acids is 2. The number of amides is 1. The maximum atomic E-state index is 12.8. The average Bonchev–Trinajstić information content (AvgIpc) is 3.06. The molecule has 1 atom stereocenters. The van der Waals surface area contributed by atoms with E-state index in [4.69, 9.17) is 10.5 Å². The van der Waals surface area contributed by atoms with E-state index in [9.17, 15) is 18.0 Å². The number of nitrogen functional groups attached to an aromatic ring is 1. The van der Waals surface area contributed by atoms with Crippen LogP contribution in [0.4, 0.5) is 5.69 Å². The van der Waals surface area contributed by atoms with Gasteiger partial charge in [0.2, 0.25) is 0 Å². The van der Waals surface area contributed by atoms with Crippen LogP contribution in [0, 0.1) is 6.92 Å². The first-order valence-corrected chi connectivity index (χ1v) is 10.7. The first kappa shape index (κ1) is 20.6. The van der Waals surface area contributed by atoms with E-state index in [1.807, 2.05) is 37.3 Å². The summed E-state index contributed by atoms with van der Waals surface area (Å²) in [5.41, 5.74) is 8.19. The van der Waals surface area contributed by atoms with Gasteiger partial charge in [0.15, 0.2) is 16.4 Å². The van der Waals surface area contributed by atoms with Crippen LogP contribution in [-0.4, -0.2) is 43.6 Å². The maximum Gasteiger partial charge on any atom is 0.338 e. The fourth-order valence-corrected chi connectivity index (χ4v) is 4.28. The number of aryl methyl sites for hydroxylation is 1. The topological polar surface area (TPSA) is 107 Å². The third-order valence-electron chi connectivity index (χ3n) is 4.67. The molecule has 1 amide bonds. The van der Waals surface area contributed by atoms with E-state index in [0.717, 1.165) is 16.5 Å². The van der Waals surface area contributed by atoms with Gasteiger partial charge in [-0.05, 0) is 36.3 Å². The van der Waals surface area contributed by atoms with Crippen molar-refractivity contribution in [2.24, 2.45) is 0 Å². The lowest BCUT2D eigenvalue weighted by Gasteiger charge is -2.27. The quantitative estimate of drug-likeness (QED) is 0.573. The molecule has 2 N–H and O–H groups in total. The summed E-state index contributed by atoms with van der Waals surface area (Å²) in [5, 5.41) is 1.12. The molecular weight excluding hydrogens is 392 g/mol. The summed E-state index contributed by atoms with van der Waals surface area (Å²) in [6.45, 7) is 1.53. The second kappa shape index (κ2) is 8.48. The van der Waals surface area contributed by atoms with Crippen molar-refractivity contribution in [2.75, 3.05) is 18.1 Å². The molecule has 0 spiro atoms. The normalized spacial score (nSPS) is 17.1. The van der Waals surface area contributed by atoms with E-state index < -0.39 is 34.4 Å². The van der Waals surface area contributed by atoms with Crippen LogP contribution >= 0.6 is 0 Å². The van der Waals surface area contributed by atoms with E-state index >= 15 is 0 Å². The number of anilines is 1. The number of benzene rings is 2. The molecule has 1 aliphatic heterocycles. The Morgan fingerprint density at radius 1 is 1.17 bits per heavy atom. The number of nitrogens with zero attached hydrogens (tertiary/aromatic N) is 1. The van der Waals surface area contributed by atoms with Gasteiger partial charge < -0.3 is 15.4 Å². The molecule has 0 aliphatic carbocycles. The minimum Gasteiger partial charge on any atom is -0.452 e. The van der Waals surface area contributed by atoms with Crippen LogP contribution in [0.2, 0.25) is 0 Å². The molecule has 8 heteroatoms. The fraction of sp³-hybridized carbons (Fsp3) is 0.238. The van der Waals surface area contributed by atoms with Crippen molar-refractivity contribution in [3.8, 4) is 0 Å². The Labute approximate surface area is 169 Å². The molecule has 0 radical (unpaired) electrons. The Kier molecular flexibility index (Phi) is 6.03. The zero-order valence-corrected chi connectivity index (χ0v) is 16.8. The minimum atomic E-state index is -3.35. The number of hydrogen-bond acceptors (Lipinski definition) is 6. The molecule has 0 saturated carbocycles. The summed E-state index contributed by atoms with van der Waals surface area (Å²) in [4.78, 5) is 26.5. The van der Waals surface area contributed by atoms with Crippen LogP contribution in [0.1, 0.15) is 21.5 Å². The van der Waals surface area contributed by atoms with E-state index in [0.29, 0.717) is 5.69 Å². The highest BCUT2D eigenvalue weighted by atomic mass is 32.2. The number of carbonyl (C=O) groups is 2. The smallest absolute Gasteiger partial charge is 0.338 e. The van der Waals surface area contributed by atoms with Crippen molar-refractivity contribution < 1.29 is 22.7 Å². The van der Waals surface area contributed by atoms with Crippen LogP contribution in [0.25, 0.3) is 0 Å². The van der Waals surface area contributed by atoms with E-state index in [-0.39, 0.29) is 17.9 Å². The summed E-state index contributed by atoms with van der Waals surface area (Å²) >= 11 is 0. The van der Waals surface area contributed by atoms with Gasteiger partial charge in [-0.25, -0.2) is 13.2 Å². The number of sulfone groups is 1. The van der Waals surface area contributed by atoms with Crippen molar-refractivity contribution in [1.29, 1.82) is 0 Å². The third kappa shape index (κ3) is 5.23. The van der Waals surface area contributed by atoms with Gasteiger partial charge in [-0.1, -0.05) is 36.4 Å². The number of hydrogen-bond donors (Lipinski definition) is 1. The molecule has 1 heterocycles. The Morgan fingerprint density at radius 2 is 1.90 bits per heavy atom. The Hall–Kier alpha value is -3.13. The van der Waals surface area contributed by atoms with E-state index in [1.165, 1.54) is 17.0 Å². The number of nitrogens with two attached hydrogens (primary N) is 1. The Bertz CT molecular complexity index is 1050. The van der Waals surface area contributed by atoms with Gasteiger partial charge in [-0.15, -0.1) is 0 Å². The van der Waals surface area contributed by atoms with Crippen LogP contribution in [-0.2, 0) is 25.9 Å². The number of rotatable bonds is 6. The third-order valence-corrected chi connectivity index (χ3v) is 6.05. The predicted molar refractivity (Wildman–Crippen MR) is 110 cm³/mol. The van der Waals surface area contributed by atoms with Gasteiger partial charge in [-0.2, -0.15) is 0 Å². The molecule has 1 aliphatic rings. The van der Waals surface area contributed by atoms with Crippen LogP contribution in [0.3, 0.4) is 0 Å². The molecule has 0 unspecified atom stereocenters. The molecular formula is C21H22N2O5S. The molecule has 3 rings (SSSR count). The van der Waals surface area contributed by atoms with Gasteiger partial charge in [0.1, 0.15) is 0 Å². The molecule has 29 heavy (non-hydrogen) atoms. The second-order valence-electron chi connectivity index (χ2n) is 6.88. The van der Waals surface area contributed by atoms with Crippen molar-refractivity contribution in [2.45, 2.75) is 19.5 Å². The van der Waals surface area contributed by atoms with Crippen molar-refractivity contribution >= 4 is 27.4 Å². The summed E-state index contributed by atoms with van der Waals surface area (Å²) < 4.78 is 28.8. The number of esters is 1. The molecule has 0 fully saturated rings. The SMILES string of the molecule is Cc1ccc(C(=O)OCC(=O)N(Cc2ccccc2)[C@@H]2C=CS(=O)(=O)C2)cc1N. The lowest BCUT2D eigenvalue weighted by atomic mass is 10.1. The average molecular weight is 414 g/mol. The second-order valence-corrected chi connectivity index (χ2v) is 8.81. The molecule has 7 nitrogen and oxygen atoms in total. The largest absolute Gasteiger partial charge is 0.452 e. The highest BCUT2D eigenvalue weighted by Crippen LogP contribution is 2.19. The van der Waals surface area contributed by atoms with Crippen LogP contribution in [0.5, 0.6) is 0 Å². The lowest BCUT2D eigenvalue weighted by Crippen LogP contribution is -2.42. The lowest BCUT2D eigenvalue weighted by molar-refractivity contribution is -0.136. The Balaban J connectivity index is 1.71. The Morgan fingerprint density at radius 3 is 2.52 bits per heavy atom. The van der Waals surface area contributed by atoms with Gasteiger partial charge >= 0.3 is 5.97 Å². The molecule has 2 aromatic carbocycles. The van der Waals surface area contributed by atoms with Crippen LogP contribution < -0.4 is 5.73 Å². The summed E-state index contributed by atoms with van der Waals surface area (Å²) in [6.07, 6.45) is 1.48. The van der Waals surface area contributed by atoms with Crippen LogP contribution in [0.15, 0.2) is 60.0 Å². The predicted octanol–water partition coefficient (Wildman–Crippen LogP) is 2.07. The highest BCUT2D eigenvalue weighted by Gasteiger charge is 2.30. The van der Waals surface area contributed by atoms with Gasteiger partial charge in [0, 0.05) is 17.6 Å². The molecule has 0 saturated heterocycles. The van der Waals surface area contributed by atoms with E-state index in [1.54, 1.807) is 12.1 Å². The summed E-state index contributed by atoms with van der Waals surface area (Å²) in [5.74, 6) is -1.33. The summed E-state index contributed by atoms with van der Waals surface area (Å²) in [6, 6.07) is 13.4. The first-order valence-electron chi connectivity index (χ1n) is 9.03. The minimum absolute atomic E-state index is 0.186. The first-order chi connectivity index (χ1) is 13.7. The molecule has 0 bridgehead atoms. The van der Waals surface area contributed by atoms with Gasteiger partial charge in [-0.3, -0.25) is 4.79 Å². The molecule has 0 aromatic heterocycles. The van der Waals surface area contributed by atoms with Crippen molar-refractivity contribution in [1.82, 2.24) is 4.90 Å². The zero-order chi connectivity index (χ0) is 21.0. The van der Waals surface area contributed by atoms with Gasteiger partial charge in [0.25, 0.3) is 5.91 Å².